The first-order valence-corrected chi connectivity index (χ1v) is 8.27. The molecule has 0 saturated carbocycles. The second-order valence-corrected chi connectivity index (χ2v) is 7.07. The Kier molecular flexibility index (Phi) is 4.13. The first-order valence-electron chi connectivity index (χ1n) is 5.58. The number of halogens is 2. The Labute approximate surface area is 130 Å². The molecule has 0 unspecified atom stereocenters. The molecule has 0 saturated heterocycles. The van der Waals surface area contributed by atoms with E-state index in [1.165, 1.54) is 24.3 Å². The Morgan fingerprint density at radius 2 is 1.81 bits per heavy atom. The summed E-state index contributed by atoms with van der Waals surface area (Å²) in [4.78, 5) is 10.7. The van der Waals surface area contributed by atoms with Crippen molar-refractivity contribution in [2.45, 2.75) is 4.90 Å². The minimum Gasteiger partial charge on any atom is -0.478 e. The topological polar surface area (TPSA) is 97.5 Å². The Balaban J connectivity index is 2.90. The maximum absolute atomic E-state index is 11.8. The summed E-state index contributed by atoms with van der Waals surface area (Å²) in [5, 5.41) is 9.37. The Hall–Kier alpha value is -1.76. The highest BCUT2D eigenvalue weighted by atomic mass is 35.7. The van der Waals surface area contributed by atoms with Gasteiger partial charge in [0.05, 0.1) is 5.56 Å². The summed E-state index contributed by atoms with van der Waals surface area (Å²) in [6.07, 6.45) is 0. The fourth-order valence-electron chi connectivity index (χ4n) is 1.93. The molecule has 0 atom stereocenters. The minimum absolute atomic E-state index is 0.0854. The maximum atomic E-state index is 11.8. The molecular weight excluding hydrogens is 337 g/mol. The highest BCUT2D eigenvalue weighted by Crippen LogP contribution is 2.37. The van der Waals surface area contributed by atoms with Crippen molar-refractivity contribution in [1.29, 1.82) is 0 Å². The quantitative estimate of drug-likeness (QED) is 0.657. The standard InChI is InChI=1S/C13H9Cl2NO4S/c14-11-5-4-7(16)6-10(11)8-2-1-3-9(13(17)18)12(8)21(15,19)20/h1-6H,16H2,(H,17,18). The van der Waals surface area contributed by atoms with Crippen molar-refractivity contribution in [3.8, 4) is 11.1 Å². The van der Waals surface area contributed by atoms with Crippen molar-refractivity contribution < 1.29 is 18.3 Å². The van der Waals surface area contributed by atoms with E-state index in [4.69, 9.17) is 33.1 Å². The molecule has 0 aliphatic rings. The molecule has 0 aliphatic heterocycles. The van der Waals surface area contributed by atoms with E-state index in [9.17, 15) is 13.2 Å². The van der Waals surface area contributed by atoms with Gasteiger partial charge in [0.1, 0.15) is 4.90 Å². The van der Waals surface area contributed by atoms with Crippen molar-refractivity contribution in [1.82, 2.24) is 0 Å². The van der Waals surface area contributed by atoms with Gasteiger partial charge >= 0.3 is 5.97 Å². The third-order valence-corrected chi connectivity index (χ3v) is 4.49. The molecule has 8 heteroatoms. The average Bonchev–Trinajstić information content (AvgIpc) is 2.39. The lowest BCUT2D eigenvalue weighted by molar-refractivity contribution is 0.0693. The fraction of sp³-hybridized carbons (Fsp3) is 0. The van der Waals surface area contributed by atoms with Gasteiger partial charge in [0.2, 0.25) is 0 Å². The smallest absolute Gasteiger partial charge is 0.337 e. The van der Waals surface area contributed by atoms with Crippen LogP contribution >= 0.6 is 22.3 Å². The molecule has 0 aliphatic carbocycles. The third kappa shape index (κ3) is 3.12. The molecule has 0 bridgehead atoms. The minimum atomic E-state index is -4.29. The van der Waals surface area contributed by atoms with Crippen molar-refractivity contribution in [3.05, 3.63) is 47.0 Å². The number of anilines is 1. The van der Waals surface area contributed by atoms with E-state index in [1.54, 1.807) is 6.07 Å². The number of benzene rings is 2. The van der Waals surface area contributed by atoms with Crippen LogP contribution in [0.1, 0.15) is 10.4 Å². The molecule has 0 amide bonds. The van der Waals surface area contributed by atoms with Gasteiger partial charge < -0.3 is 10.8 Å². The second-order valence-electron chi connectivity index (χ2n) is 4.16. The van der Waals surface area contributed by atoms with E-state index in [0.717, 1.165) is 6.07 Å². The monoisotopic (exact) mass is 345 g/mol. The maximum Gasteiger partial charge on any atom is 0.337 e. The molecule has 5 nitrogen and oxygen atoms in total. The first-order chi connectivity index (χ1) is 9.71. The molecule has 2 rings (SSSR count). The number of carbonyl (C=O) groups is 1. The number of nitrogen functional groups attached to an aromatic ring is 1. The average molecular weight is 346 g/mol. The van der Waals surface area contributed by atoms with Gasteiger partial charge in [0.15, 0.2) is 0 Å². The fourth-order valence-corrected chi connectivity index (χ4v) is 3.51. The molecule has 21 heavy (non-hydrogen) atoms. The molecular formula is C13H9Cl2NO4S. The number of aromatic carboxylic acids is 1. The molecule has 0 radical (unpaired) electrons. The van der Waals surface area contributed by atoms with Gasteiger partial charge in [-0.2, -0.15) is 0 Å². The summed E-state index contributed by atoms with van der Waals surface area (Å²) < 4.78 is 23.6. The summed E-state index contributed by atoms with van der Waals surface area (Å²) in [6.45, 7) is 0. The van der Waals surface area contributed by atoms with Crippen LogP contribution in [-0.4, -0.2) is 19.5 Å². The lowest BCUT2D eigenvalue weighted by Gasteiger charge is -2.12. The predicted octanol–water partition coefficient (Wildman–Crippen LogP) is 3.21. The predicted molar refractivity (Wildman–Crippen MR) is 81.3 cm³/mol. The highest BCUT2D eigenvalue weighted by molar-refractivity contribution is 8.14. The van der Waals surface area contributed by atoms with Crippen LogP contribution in [0.25, 0.3) is 11.1 Å². The van der Waals surface area contributed by atoms with Gasteiger partial charge in [-0.15, -0.1) is 0 Å². The zero-order valence-corrected chi connectivity index (χ0v) is 12.7. The Bertz CT molecular complexity index is 834. The molecule has 2 aromatic rings. The number of hydrogen-bond donors (Lipinski definition) is 2. The third-order valence-electron chi connectivity index (χ3n) is 2.77. The summed E-state index contributed by atoms with van der Waals surface area (Å²) >= 11 is 6.04. The lowest BCUT2D eigenvalue weighted by Crippen LogP contribution is -2.07. The van der Waals surface area contributed by atoms with Crippen LogP contribution in [0.2, 0.25) is 5.02 Å². The summed E-state index contributed by atoms with van der Waals surface area (Å²) in [5.74, 6) is -1.41. The van der Waals surface area contributed by atoms with E-state index in [1.807, 2.05) is 0 Å². The van der Waals surface area contributed by atoms with E-state index < -0.39 is 25.5 Å². The van der Waals surface area contributed by atoms with E-state index in [-0.39, 0.29) is 10.6 Å². The van der Waals surface area contributed by atoms with Crippen LogP contribution in [0.15, 0.2) is 41.3 Å². The van der Waals surface area contributed by atoms with E-state index in [0.29, 0.717) is 11.3 Å². The molecule has 0 spiro atoms. The molecule has 110 valence electrons. The second kappa shape index (κ2) is 5.55. The lowest BCUT2D eigenvalue weighted by atomic mass is 10.0. The van der Waals surface area contributed by atoms with Crippen molar-refractivity contribution in [2.75, 3.05) is 5.73 Å². The van der Waals surface area contributed by atoms with Crippen molar-refractivity contribution in [2.24, 2.45) is 0 Å². The Morgan fingerprint density at radius 1 is 1.14 bits per heavy atom. The SMILES string of the molecule is Nc1ccc(Cl)c(-c2cccc(C(=O)O)c2S(=O)(=O)Cl)c1. The van der Waals surface area contributed by atoms with Crippen LogP contribution in [0.3, 0.4) is 0 Å². The number of hydrogen-bond acceptors (Lipinski definition) is 4. The van der Waals surface area contributed by atoms with Gasteiger partial charge in [0.25, 0.3) is 9.05 Å². The van der Waals surface area contributed by atoms with Crippen LogP contribution in [0, 0.1) is 0 Å². The zero-order valence-electron chi connectivity index (χ0n) is 10.4. The molecule has 0 fully saturated rings. The first kappa shape index (κ1) is 15.6. The Morgan fingerprint density at radius 3 is 2.38 bits per heavy atom. The molecule has 0 heterocycles. The van der Waals surface area contributed by atoms with Crippen LogP contribution in [0.4, 0.5) is 5.69 Å². The molecule has 2 aromatic carbocycles. The van der Waals surface area contributed by atoms with Crippen LogP contribution in [0.5, 0.6) is 0 Å². The highest BCUT2D eigenvalue weighted by Gasteiger charge is 2.25. The van der Waals surface area contributed by atoms with E-state index >= 15 is 0 Å². The summed E-state index contributed by atoms with van der Waals surface area (Å²) in [5.41, 5.74) is 5.97. The van der Waals surface area contributed by atoms with Gasteiger partial charge in [-0.05, 0) is 24.3 Å². The molecule has 3 N–H and O–H groups in total. The zero-order chi connectivity index (χ0) is 15.8. The van der Waals surface area contributed by atoms with Gasteiger partial charge in [-0.25, -0.2) is 13.2 Å². The summed E-state index contributed by atoms with van der Waals surface area (Å²) in [7, 11) is 1.09. The van der Waals surface area contributed by atoms with Crippen molar-refractivity contribution >= 4 is 43.0 Å². The molecule has 0 aromatic heterocycles. The normalized spacial score (nSPS) is 11.3. The largest absolute Gasteiger partial charge is 0.478 e. The van der Waals surface area contributed by atoms with Crippen LogP contribution < -0.4 is 5.73 Å². The number of rotatable bonds is 3. The van der Waals surface area contributed by atoms with Gasteiger partial charge in [-0.1, -0.05) is 23.7 Å². The van der Waals surface area contributed by atoms with Gasteiger partial charge in [0, 0.05) is 32.5 Å². The summed E-state index contributed by atoms with van der Waals surface area (Å²) in [6, 6.07) is 8.47. The van der Waals surface area contributed by atoms with Crippen molar-refractivity contribution in [3.63, 3.8) is 0 Å². The van der Waals surface area contributed by atoms with E-state index in [2.05, 4.69) is 0 Å². The number of carboxylic acids is 1. The number of nitrogens with two attached hydrogens (primary N) is 1. The van der Waals surface area contributed by atoms with Gasteiger partial charge in [-0.3, -0.25) is 0 Å². The van der Waals surface area contributed by atoms with Crippen LogP contribution in [-0.2, 0) is 9.05 Å². The number of carboxylic acid groups (broad SMARTS) is 1.